The Bertz CT molecular complexity index is 1010. The van der Waals surface area contributed by atoms with Gasteiger partial charge < -0.3 is 10.6 Å². The van der Waals surface area contributed by atoms with Gasteiger partial charge in [0.2, 0.25) is 0 Å². The van der Waals surface area contributed by atoms with E-state index in [1.165, 1.54) is 34.4 Å². The van der Waals surface area contributed by atoms with Gasteiger partial charge in [0.05, 0.1) is 4.88 Å². The lowest BCUT2D eigenvalue weighted by Gasteiger charge is -2.08. The third kappa shape index (κ3) is 4.84. The van der Waals surface area contributed by atoms with Gasteiger partial charge in [0.15, 0.2) is 0 Å². The van der Waals surface area contributed by atoms with Crippen LogP contribution in [0.3, 0.4) is 0 Å². The average molecular weight is 396 g/mol. The Kier molecular flexibility index (Phi) is 6.21. The monoisotopic (exact) mass is 396 g/mol. The van der Waals surface area contributed by atoms with Crippen molar-refractivity contribution in [1.82, 2.24) is 5.32 Å². The van der Waals surface area contributed by atoms with E-state index < -0.39 is 5.82 Å². The zero-order valence-corrected chi connectivity index (χ0v) is 16.5. The van der Waals surface area contributed by atoms with E-state index in [4.69, 9.17) is 0 Å². The fourth-order valence-electron chi connectivity index (χ4n) is 2.84. The van der Waals surface area contributed by atoms with Crippen LogP contribution < -0.4 is 10.6 Å². The summed E-state index contributed by atoms with van der Waals surface area (Å²) in [5, 5.41) is 5.66. The maximum absolute atomic E-state index is 13.3. The van der Waals surface area contributed by atoms with Crippen molar-refractivity contribution in [2.45, 2.75) is 26.8 Å². The van der Waals surface area contributed by atoms with Crippen LogP contribution in [0.15, 0.2) is 54.6 Å². The number of carbonyl (C=O) groups is 2. The highest BCUT2D eigenvalue weighted by molar-refractivity contribution is 7.14. The highest BCUT2D eigenvalue weighted by Crippen LogP contribution is 2.22. The number of hydrogen-bond acceptors (Lipinski definition) is 3. The highest BCUT2D eigenvalue weighted by atomic mass is 32.1. The number of rotatable bonds is 6. The Morgan fingerprint density at radius 3 is 2.54 bits per heavy atom. The first-order valence-corrected chi connectivity index (χ1v) is 9.81. The van der Waals surface area contributed by atoms with Crippen molar-refractivity contribution in [3.63, 3.8) is 0 Å². The average Bonchev–Trinajstić information content (AvgIpc) is 3.07. The SMILES string of the molecule is CCc1sc(C(=O)NCc2cccc(NC(=O)c3cccc(F)c3)c2)cc1C. The number of thiophene rings is 1. The molecular formula is C22H21FN2O2S. The highest BCUT2D eigenvalue weighted by Gasteiger charge is 2.12. The Morgan fingerprint density at radius 1 is 1.04 bits per heavy atom. The molecule has 3 aromatic rings. The second-order valence-corrected chi connectivity index (χ2v) is 7.55. The summed E-state index contributed by atoms with van der Waals surface area (Å²) in [4.78, 5) is 26.5. The minimum absolute atomic E-state index is 0.109. The smallest absolute Gasteiger partial charge is 0.261 e. The van der Waals surface area contributed by atoms with Crippen molar-refractivity contribution in [2.24, 2.45) is 0 Å². The van der Waals surface area contributed by atoms with Gasteiger partial charge in [-0.05, 0) is 60.9 Å². The van der Waals surface area contributed by atoms with Crippen molar-refractivity contribution in [3.8, 4) is 0 Å². The van der Waals surface area contributed by atoms with E-state index in [1.54, 1.807) is 24.3 Å². The molecule has 2 aromatic carbocycles. The standard InChI is InChI=1S/C22H21FN2O2S/c1-3-19-14(2)10-20(28-19)22(27)24-13-15-6-4-9-18(11-15)25-21(26)16-7-5-8-17(23)12-16/h4-12H,3,13H2,1-2H3,(H,24,27)(H,25,26). The van der Waals surface area contributed by atoms with Crippen LogP contribution >= 0.6 is 11.3 Å². The van der Waals surface area contributed by atoms with E-state index in [0.717, 1.165) is 17.5 Å². The van der Waals surface area contributed by atoms with Crippen LogP contribution in [0.25, 0.3) is 0 Å². The van der Waals surface area contributed by atoms with Crippen LogP contribution in [-0.4, -0.2) is 11.8 Å². The Hall–Kier alpha value is -2.99. The Labute approximate surface area is 167 Å². The number of benzene rings is 2. The molecule has 1 heterocycles. The number of halogens is 1. The molecule has 0 saturated heterocycles. The molecule has 144 valence electrons. The summed E-state index contributed by atoms with van der Waals surface area (Å²) in [5.41, 5.74) is 2.83. The second-order valence-electron chi connectivity index (χ2n) is 6.42. The molecule has 0 unspecified atom stereocenters. The molecule has 0 bridgehead atoms. The molecule has 2 N–H and O–H groups in total. The normalized spacial score (nSPS) is 10.5. The van der Waals surface area contributed by atoms with Crippen LogP contribution in [0, 0.1) is 12.7 Å². The van der Waals surface area contributed by atoms with Gasteiger partial charge in [-0.1, -0.05) is 25.1 Å². The lowest BCUT2D eigenvalue weighted by molar-refractivity contribution is 0.0954. The lowest BCUT2D eigenvalue weighted by Crippen LogP contribution is -2.22. The number of anilines is 1. The minimum Gasteiger partial charge on any atom is -0.347 e. The quantitative estimate of drug-likeness (QED) is 0.620. The molecule has 0 radical (unpaired) electrons. The third-order valence-corrected chi connectivity index (χ3v) is 5.67. The molecule has 1 aromatic heterocycles. The van der Waals surface area contributed by atoms with Crippen LogP contribution in [0.2, 0.25) is 0 Å². The molecule has 0 aliphatic carbocycles. The fraction of sp³-hybridized carbons (Fsp3) is 0.182. The van der Waals surface area contributed by atoms with Gasteiger partial charge in [0.1, 0.15) is 5.82 Å². The van der Waals surface area contributed by atoms with Gasteiger partial charge in [-0.25, -0.2) is 4.39 Å². The molecule has 0 spiro atoms. The van der Waals surface area contributed by atoms with E-state index in [1.807, 2.05) is 19.1 Å². The van der Waals surface area contributed by atoms with Crippen molar-refractivity contribution < 1.29 is 14.0 Å². The second kappa shape index (κ2) is 8.80. The van der Waals surface area contributed by atoms with E-state index >= 15 is 0 Å². The van der Waals surface area contributed by atoms with Crippen molar-refractivity contribution in [3.05, 3.63) is 86.9 Å². The molecule has 0 saturated carbocycles. The zero-order chi connectivity index (χ0) is 20.1. The summed E-state index contributed by atoms with van der Waals surface area (Å²) >= 11 is 1.51. The topological polar surface area (TPSA) is 58.2 Å². The Balaban J connectivity index is 1.63. The first-order chi connectivity index (χ1) is 13.5. The molecule has 0 aliphatic rings. The van der Waals surface area contributed by atoms with E-state index in [-0.39, 0.29) is 17.4 Å². The van der Waals surface area contributed by atoms with Gasteiger partial charge in [-0.3, -0.25) is 9.59 Å². The largest absolute Gasteiger partial charge is 0.347 e. The van der Waals surface area contributed by atoms with Crippen LogP contribution in [0.4, 0.5) is 10.1 Å². The Morgan fingerprint density at radius 2 is 1.82 bits per heavy atom. The minimum atomic E-state index is -0.459. The predicted octanol–water partition coefficient (Wildman–Crippen LogP) is 4.94. The van der Waals surface area contributed by atoms with Gasteiger partial charge >= 0.3 is 0 Å². The molecule has 4 nitrogen and oxygen atoms in total. The fourth-order valence-corrected chi connectivity index (χ4v) is 3.87. The summed E-state index contributed by atoms with van der Waals surface area (Å²) in [6, 6.07) is 14.6. The molecule has 28 heavy (non-hydrogen) atoms. The summed E-state index contributed by atoms with van der Waals surface area (Å²) in [6.07, 6.45) is 0.914. The molecule has 0 aliphatic heterocycles. The van der Waals surface area contributed by atoms with Gasteiger partial charge in [0.25, 0.3) is 11.8 Å². The summed E-state index contributed by atoms with van der Waals surface area (Å²) in [5.74, 6) is -0.956. The van der Waals surface area contributed by atoms with Gasteiger partial charge in [0, 0.05) is 22.7 Å². The van der Waals surface area contributed by atoms with Crippen LogP contribution in [0.1, 0.15) is 43.0 Å². The number of carbonyl (C=O) groups excluding carboxylic acids is 2. The zero-order valence-electron chi connectivity index (χ0n) is 15.7. The molecule has 2 amide bonds. The van der Waals surface area contributed by atoms with Crippen LogP contribution in [-0.2, 0) is 13.0 Å². The summed E-state index contributed by atoms with van der Waals surface area (Å²) in [6.45, 7) is 4.43. The number of nitrogens with one attached hydrogen (secondary N) is 2. The molecule has 3 rings (SSSR count). The predicted molar refractivity (Wildman–Crippen MR) is 110 cm³/mol. The molecule has 6 heteroatoms. The van der Waals surface area contributed by atoms with Crippen molar-refractivity contribution >= 4 is 28.8 Å². The van der Waals surface area contributed by atoms with Crippen molar-refractivity contribution in [2.75, 3.05) is 5.32 Å². The van der Waals surface area contributed by atoms with E-state index in [2.05, 4.69) is 17.6 Å². The molecule has 0 atom stereocenters. The lowest BCUT2D eigenvalue weighted by atomic mass is 10.1. The summed E-state index contributed by atoms with van der Waals surface area (Å²) in [7, 11) is 0. The maximum Gasteiger partial charge on any atom is 0.261 e. The van der Waals surface area contributed by atoms with E-state index in [9.17, 15) is 14.0 Å². The van der Waals surface area contributed by atoms with E-state index in [0.29, 0.717) is 17.1 Å². The maximum atomic E-state index is 13.3. The number of hydrogen-bond donors (Lipinski definition) is 2. The molecular weight excluding hydrogens is 375 g/mol. The van der Waals surface area contributed by atoms with Gasteiger partial charge in [-0.15, -0.1) is 11.3 Å². The first kappa shape index (κ1) is 19.8. The van der Waals surface area contributed by atoms with Gasteiger partial charge in [-0.2, -0.15) is 0 Å². The van der Waals surface area contributed by atoms with Crippen molar-refractivity contribution in [1.29, 1.82) is 0 Å². The number of amides is 2. The number of aryl methyl sites for hydroxylation is 2. The molecule has 0 fully saturated rings. The summed E-state index contributed by atoms with van der Waals surface area (Å²) < 4.78 is 13.3. The van der Waals surface area contributed by atoms with Crippen LogP contribution in [0.5, 0.6) is 0 Å². The first-order valence-electron chi connectivity index (χ1n) is 8.99. The third-order valence-electron chi connectivity index (χ3n) is 4.29.